The van der Waals surface area contributed by atoms with Gasteiger partial charge in [-0.3, -0.25) is 24.1 Å². The maximum Gasteiger partial charge on any atom is 0.410 e. The summed E-state index contributed by atoms with van der Waals surface area (Å²) in [5, 5.41) is 11.6. The van der Waals surface area contributed by atoms with Crippen LogP contribution in [0.15, 0.2) is 41.9 Å². The molecule has 17 heteroatoms. The lowest BCUT2D eigenvalue weighted by atomic mass is 9.89. The second-order valence-corrected chi connectivity index (χ2v) is 18.7. The molecule has 1 saturated heterocycles. The highest BCUT2D eigenvalue weighted by molar-refractivity contribution is 7.09. The number of thiazole rings is 1. The molecule has 5 amide bonds. The van der Waals surface area contributed by atoms with Crippen LogP contribution in [0.25, 0.3) is 0 Å². The molecule has 2 unspecified atom stereocenters. The van der Waals surface area contributed by atoms with E-state index in [0.717, 1.165) is 10.6 Å². The number of likely N-dealkylation sites (N-methyl/N-ethyl adjacent to an activating group) is 2. The van der Waals surface area contributed by atoms with Crippen molar-refractivity contribution in [2.24, 2.45) is 17.8 Å². The number of nitrogens with one attached hydrogen (secondary N) is 3. The minimum Gasteiger partial charge on any atom is -0.444 e. The molecule has 0 radical (unpaired) electrons. The summed E-state index contributed by atoms with van der Waals surface area (Å²) in [6.45, 7) is 16.6. The highest BCUT2D eigenvalue weighted by atomic mass is 32.1. The third kappa shape index (κ3) is 14.2. The van der Waals surface area contributed by atoms with Gasteiger partial charge in [-0.15, -0.1) is 11.3 Å². The number of nitrogens with zero attached hydrogens (tertiary/aromatic N) is 3. The Morgan fingerprint density at radius 3 is 2.06 bits per heavy atom. The van der Waals surface area contributed by atoms with Crippen molar-refractivity contribution in [2.45, 2.75) is 142 Å². The first-order chi connectivity index (χ1) is 29.2. The van der Waals surface area contributed by atoms with Crippen LogP contribution in [0.3, 0.4) is 0 Å². The summed E-state index contributed by atoms with van der Waals surface area (Å²) in [5.41, 5.74) is 0.272. The van der Waals surface area contributed by atoms with Crippen LogP contribution in [-0.2, 0) is 49.3 Å². The molecule has 3 rings (SSSR count). The zero-order chi connectivity index (χ0) is 46.5. The van der Waals surface area contributed by atoms with Crippen LogP contribution < -0.4 is 16.0 Å². The lowest BCUT2D eigenvalue weighted by Crippen LogP contribution is -2.60. The minimum absolute atomic E-state index is 0.0102. The molecule has 1 fully saturated rings. The number of carbonyl (C=O) groups excluding carboxylic acids is 5. The maximum atomic E-state index is 14.4. The summed E-state index contributed by atoms with van der Waals surface area (Å²) in [5.74, 6) is -2.32. The molecule has 0 saturated carbocycles. The van der Waals surface area contributed by atoms with E-state index in [1.165, 1.54) is 44.6 Å². The van der Waals surface area contributed by atoms with Gasteiger partial charge in [-0.25, -0.2) is 9.78 Å². The predicted octanol–water partition coefficient (Wildman–Crippen LogP) is 4.77. The van der Waals surface area contributed by atoms with Gasteiger partial charge in [0.2, 0.25) is 17.7 Å². The van der Waals surface area contributed by atoms with Crippen LogP contribution in [0.4, 0.5) is 4.79 Å². The summed E-state index contributed by atoms with van der Waals surface area (Å²) < 4.78 is 29.3. The zero-order valence-corrected chi connectivity index (χ0v) is 39.9. The van der Waals surface area contributed by atoms with Crippen molar-refractivity contribution in [2.75, 3.05) is 42.0 Å². The van der Waals surface area contributed by atoms with Crippen molar-refractivity contribution < 1.29 is 47.7 Å². The van der Waals surface area contributed by atoms with Crippen LogP contribution in [0.2, 0.25) is 0 Å². The van der Waals surface area contributed by atoms with Crippen molar-refractivity contribution in [3.05, 3.63) is 52.5 Å². The highest BCUT2D eigenvalue weighted by Crippen LogP contribution is 2.29. The fraction of sp³-hybridized carbons (Fsp3) is 0.689. The molecule has 10 atom stereocenters. The zero-order valence-electron chi connectivity index (χ0n) is 39.1. The van der Waals surface area contributed by atoms with Gasteiger partial charge in [-0.05, 0) is 50.5 Å². The van der Waals surface area contributed by atoms with Crippen molar-refractivity contribution in [1.29, 1.82) is 0 Å². The monoisotopic (exact) mass is 889 g/mol. The summed E-state index contributed by atoms with van der Waals surface area (Å²) in [4.78, 5) is 76.1. The Kier molecular flexibility index (Phi) is 20.2. The van der Waals surface area contributed by atoms with Gasteiger partial charge >= 0.3 is 6.09 Å². The third-order valence-corrected chi connectivity index (χ3v) is 12.2. The quantitative estimate of drug-likeness (QED) is 0.148. The van der Waals surface area contributed by atoms with Crippen molar-refractivity contribution in [1.82, 2.24) is 30.7 Å². The lowest BCUT2D eigenvalue weighted by Gasteiger charge is -2.40. The van der Waals surface area contributed by atoms with Gasteiger partial charge in [0.15, 0.2) is 6.10 Å². The Morgan fingerprint density at radius 1 is 0.903 bits per heavy atom. The van der Waals surface area contributed by atoms with E-state index in [0.29, 0.717) is 12.8 Å². The molecule has 348 valence electrons. The number of amides is 5. The number of aromatic nitrogens is 1. The average molecular weight is 889 g/mol. The number of hydrogen-bond donors (Lipinski definition) is 3. The van der Waals surface area contributed by atoms with Crippen LogP contribution in [0, 0.1) is 17.8 Å². The fourth-order valence-corrected chi connectivity index (χ4v) is 8.59. The average Bonchev–Trinajstić information content (AvgIpc) is 3.89. The highest BCUT2D eigenvalue weighted by Gasteiger charge is 2.49. The topological polar surface area (TPSA) is 187 Å². The first-order valence-electron chi connectivity index (χ1n) is 21.5. The number of rotatable bonds is 22. The number of ether oxygens (including phenoxy) is 5. The number of hydrogen-bond acceptors (Lipinski definition) is 12. The summed E-state index contributed by atoms with van der Waals surface area (Å²) in [7, 11) is 7.65. The molecule has 1 aliphatic heterocycles. The number of methoxy groups -OCH3 is 3. The number of carbonyl (C=O) groups is 5. The molecule has 0 spiro atoms. The van der Waals surface area contributed by atoms with E-state index in [9.17, 15) is 24.0 Å². The van der Waals surface area contributed by atoms with Gasteiger partial charge in [0, 0.05) is 53.5 Å². The molecule has 0 aliphatic carbocycles. The smallest absolute Gasteiger partial charge is 0.410 e. The maximum absolute atomic E-state index is 14.4. The van der Waals surface area contributed by atoms with Gasteiger partial charge in [0.25, 0.3) is 5.91 Å². The molecular weight excluding hydrogens is 817 g/mol. The van der Waals surface area contributed by atoms with Gasteiger partial charge in [0.05, 0.1) is 24.6 Å². The van der Waals surface area contributed by atoms with E-state index in [4.69, 9.17) is 23.7 Å². The van der Waals surface area contributed by atoms with Gasteiger partial charge < -0.3 is 44.5 Å². The van der Waals surface area contributed by atoms with Crippen molar-refractivity contribution in [3.8, 4) is 0 Å². The van der Waals surface area contributed by atoms with Gasteiger partial charge in [0.1, 0.15) is 41.0 Å². The van der Waals surface area contributed by atoms with E-state index in [1.807, 2.05) is 77.3 Å². The van der Waals surface area contributed by atoms with E-state index >= 15 is 0 Å². The fourth-order valence-electron chi connectivity index (χ4n) is 7.90. The lowest BCUT2D eigenvalue weighted by molar-refractivity contribution is -0.145. The SMILES string of the molecule is CC[C@H](C)C([C@H](CC(=O)NCC1O[C@H](C(=O)N[C@@H](Cc2ccccc2)c2nccs2)[C@@H](OC)[C@@H]1OC)OC)N(C)C(=O)[C@@H](NC(=O)[C@H](C(C)C)N(C)C(=O)OC(C)(C)C)C(C)C. The van der Waals surface area contributed by atoms with E-state index < -0.39 is 78.2 Å². The standard InChI is InChI=1S/C45H72N6O10S/c1-15-28(6)36(50(10)43(55)34(26(2)3)49-40(53)35(27(4)5)51(11)44(56)61-45(7,8)9)31(57-12)24-33(52)47-25-32-37(58-13)38(59-14)39(60-32)41(54)48-30(42-46-21-22-62-42)23-29-19-17-16-18-20-29/h16-22,26-28,30-32,34-39H,15,23-25H2,1-14H3,(H,47,52)(H,48,54)(H,49,53)/t28-,30-,31-,32?,34-,35-,36?,37+,38-,39-/m0/s1. The predicted molar refractivity (Wildman–Crippen MR) is 237 cm³/mol. The van der Waals surface area contributed by atoms with E-state index in [2.05, 4.69) is 20.9 Å². The first kappa shape index (κ1) is 52.2. The Labute approximate surface area is 372 Å². The number of benzene rings is 1. The van der Waals surface area contributed by atoms with Crippen LogP contribution >= 0.6 is 11.3 Å². The van der Waals surface area contributed by atoms with Gasteiger partial charge in [-0.1, -0.05) is 78.3 Å². The molecular formula is C45H72N6O10S. The Hall–Kier alpha value is -4.16. The molecule has 1 aromatic carbocycles. The molecule has 62 heavy (non-hydrogen) atoms. The van der Waals surface area contributed by atoms with Crippen molar-refractivity contribution >= 4 is 41.1 Å². The Morgan fingerprint density at radius 2 is 1.55 bits per heavy atom. The second kappa shape index (κ2) is 24.1. The third-order valence-electron chi connectivity index (χ3n) is 11.3. The molecule has 3 N–H and O–H groups in total. The molecule has 0 bridgehead atoms. The van der Waals surface area contributed by atoms with Gasteiger partial charge in [-0.2, -0.15) is 0 Å². The first-order valence-corrected chi connectivity index (χ1v) is 22.3. The van der Waals surface area contributed by atoms with Crippen LogP contribution in [0.5, 0.6) is 0 Å². The van der Waals surface area contributed by atoms with Crippen molar-refractivity contribution in [3.63, 3.8) is 0 Å². The van der Waals surface area contributed by atoms with E-state index in [-0.39, 0.29) is 42.5 Å². The molecule has 16 nitrogen and oxygen atoms in total. The Bertz CT molecular complexity index is 1720. The van der Waals surface area contributed by atoms with E-state index in [1.54, 1.807) is 38.9 Å². The summed E-state index contributed by atoms with van der Waals surface area (Å²) in [6.07, 6.45) is -1.80. The second-order valence-electron chi connectivity index (χ2n) is 17.7. The van der Waals surface area contributed by atoms with Crippen LogP contribution in [0.1, 0.15) is 91.8 Å². The Balaban J connectivity index is 1.73. The molecule has 1 aromatic heterocycles. The molecule has 1 aliphatic rings. The van der Waals surface area contributed by atoms with Crippen LogP contribution in [-0.4, -0.2) is 141 Å². The molecule has 2 aromatic rings. The normalized spacial score (nSPS) is 20.7. The summed E-state index contributed by atoms with van der Waals surface area (Å²) >= 11 is 1.45. The summed E-state index contributed by atoms with van der Waals surface area (Å²) in [6, 6.07) is 6.99. The largest absolute Gasteiger partial charge is 0.444 e. The minimum atomic E-state index is -1.03. The molecule has 2 heterocycles.